The van der Waals surface area contributed by atoms with Gasteiger partial charge in [-0.05, 0) is 25.8 Å². The summed E-state index contributed by atoms with van der Waals surface area (Å²) in [5.41, 5.74) is 0. The van der Waals surface area contributed by atoms with Gasteiger partial charge in [-0.25, -0.2) is 0 Å². The zero-order valence-corrected chi connectivity index (χ0v) is 9.11. The fourth-order valence-corrected chi connectivity index (χ4v) is 2.29. The lowest BCUT2D eigenvalue weighted by atomic mass is 10.00. The van der Waals surface area contributed by atoms with Crippen LogP contribution < -0.4 is 5.32 Å². The molecule has 2 fully saturated rings. The number of carbonyl (C=O) groups is 1. The summed E-state index contributed by atoms with van der Waals surface area (Å²) in [7, 11) is 0. The summed E-state index contributed by atoms with van der Waals surface area (Å²) < 4.78 is 0. The number of carbonyl (C=O) groups excluding carboxylic acids is 1. The minimum atomic E-state index is -0.276. The van der Waals surface area contributed by atoms with Gasteiger partial charge in [-0.15, -0.1) is 0 Å². The van der Waals surface area contributed by atoms with E-state index in [1.807, 2.05) is 0 Å². The third-order valence-corrected chi connectivity index (χ3v) is 3.33. The van der Waals surface area contributed by atoms with E-state index < -0.39 is 0 Å². The van der Waals surface area contributed by atoms with Gasteiger partial charge in [-0.3, -0.25) is 4.79 Å². The highest BCUT2D eigenvalue weighted by atomic mass is 16.3. The number of amides is 1. The molecule has 0 aromatic rings. The average molecular weight is 212 g/mol. The van der Waals surface area contributed by atoms with Crippen LogP contribution in [0.4, 0.5) is 0 Å². The van der Waals surface area contributed by atoms with Crippen LogP contribution in [0.15, 0.2) is 0 Å². The van der Waals surface area contributed by atoms with E-state index in [1.165, 1.54) is 19.3 Å². The van der Waals surface area contributed by atoms with Gasteiger partial charge in [-0.2, -0.15) is 0 Å². The van der Waals surface area contributed by atoms with Gasteiger partial charge in [0.2, 0.25) is 5.91 Å². The molecule has 1 amide bonds. The maximum atomic E-state index is 11.6. The smallest absolute Gasteiger partial charge is 0.222 e. The minimum Gasteiger partial charge on any atom is -0.389 e. The quantitative estimate of drug-likeness (QED) is 0.698. The van der Waals surface area contributed by atoms with Crippen LogP contribution in [-0.2, 0) is 4.79 Å². The number of hydrogen-bond acceptors (Lipinski definition) is 3. The van der Waals surface area contributed by atoms with Gasteiger partial charge < -0.3 is 15.3 Å². The van der Waals surface area contributed by atoms with Gasteiger partial charge in [0.15, 0.2) is 0 Å². The summed E-state index contributed by atoms with van der Waals surface area (Å²) in [4.78, 5) is 13.3. The van der Waals surface area contributed by atoms with E-state index in [4.69, 9.17) is 5.11 Å². The van der Waals surface area contributed by atoms with Crippen molar-refractivity contribution in [1.82, 2.24) is 10.2 Å². The molecule has 2 N–H and O–H groups in total. The second kappa shape index (κ2) is 4.94. The Morgan fingerprint density at radius 1 is 1.40 bits per heavy atom. The van der Waals surface area contributed by atoms with Gasteiger partial charge in [0.1, 0.15) is 0 Å². The zero-order chi connectivity index (χ0) is 10.7. The summed E-state index contributed by atoms with van der Waals surface area (Å²) in [6.45, 7) is 2.18. The van der Waals surface area contributed by atoms with Crippen LogP contribution in [-0.4, -0.2) is 47.7 Å². The zero-order valence-electron chi connectivity index (χ0n) is 9.11. The molecule has 1 unspecified atom stereocenters. The van der Waals surface area contributed by atoms with E-state index >= 15 is 0 Å². The maximum Gasteiger partial charge on any atom is 0.222 e. The van der Waals surface area contributed by atoms with Crippen LogP contribution in [0.3, 0.4) is 0 Å². The van der Waals surface area contributed by atoms with E-state index in [2.05, 4.69) is 5.32 Å². The molecule has 86 valence electrons. The number of nitrogens with zero attached hydrogens (tertiary/aromatic N) is 1. The van der Waals surface area contributed by atoms with Gasteiger partial charge in [-0.1, -0.05) is 6.42 Å². The number of aliphatic hydroxyl groups excluding tert-OH is 1. The lowest BCUT2D eigenvalue weighted by Crippen LogP contribution is -2.53. The molecule has 0 aromatic heterocycles. The Labute approximate surface area is 90.6 Å². The average Bonchev–Trinajstić information content (AvgIpc) is 2.23. The SMILES string of the molecule is O=C(CCC1CCCCN1)N1CC(O)C1. The molecule has 1 atom stereocenters. The summed E-state index contributed by atoms with van der Waals surface area (Å²) in [5, 5.41) is 12.5. The maximum absolute atomic E-state index is 11.6. The lowest BCUT2D eigenvalue weighted by Gasteiger charge is -2.36. The Hall–Kier alpha value is -0.610. The van der Waals surface area contributed by atoms with E-state index in [-0.39, 0.29) is 12.0 Å². The Morgan fingerprint density at radius 2 is 2.20 bits per heavy atom. The summed E-state index contributed by atoms with van der Waals surface area (Å²) >= 11 is 0. The predicted octanol–water partition coefficient (Wildman–Crippen LogP) is 0.112. The van der Waals surface area contributed by atoms with E-state index in [9.17, 15) is 4.79 Å². The number of hydrogen-bond donors (Lipinski definition) is 2. The van der Waals surface area contributed by atoms with Crippen LogP contribution in [0.25, 0.3) is 0 Å². The van der Waals surface area contributed by atoms with E-state index in [0.717, 1.165) is 13.0 Å². The van der Waals surface area contributed by atoms with Crippen LogP contribution >= 0.6 is 0 Å². The van der Waals surface area contributed by atoms with Crippen molar-refractivity contribution in [3.05, 3.63) is 0 Å². The standard InChI is InChI=1S/C11H20N2O2/c14-10-7-13(8-10)11(15)5-4-9-3-1-2-6-12-9/h9-10,12,14H,1-8H2. The van der Waals surface area contributed by atoms with Crippen LogP contribution in [0, 0.1) is 0 Å². The molecule has 0 aromatic carbocycles. The van der Waals surface area contributed by atoms with Gasteiger partial charge in [0.25, 0.3) is 0 Å². The molecule has 4 nitrogen and oxygen atoms in total. The number of nitrogens with one attached hydrogen (secondary N) is 1. The number of aliphatic hydroxyl groups is 1. The van der Waals surface area contributed by atoms with Crippen LogP contribution in [0.1, 0.15) is 32.1 Å². The molecule has 2 aliphatic heterocycles. The number of piperidine rings is 1. The fraction of sp³-hybridized carbons (Fsp3) is 0.909. The first-order valence-electron chi connectivity index (χ1n) is 5.95. The molecular formula is C11H20N2O2. The van der Waals surface area contributed by atoms with Crippen molar-refractivity contribution in [2.75, 3.05) is 19.6 Å². The monoisotopic (exact) mass is 212 g/mol. The largest absolute Gasteiger partial charge is 0.389 e. The number of β-amino-alcohol motifs (C(OH)–C–C–N with tert-alkyl or cyclic N) is 1. The summed E-state index contributed by atoms with van der Waals surface area (Å²) in [6.07, 6.45) is 5.06. The molecular weight excluding hydrogens is 192 g/mol. The normalized spacial score (nSPS) is 27.5. The molecule has 2 rings (SSSR count). The Kier molecular flexibility index (Phi) is 3.59. The minimum absolute atomic E-state index is 0.202. The van der Waals surface area contributed by atoms with Crippen LogP contribution in [0.5, 0.6) is 0 Å². The lowest BCUT2D eigenvalue weighted by molar-refractivity contribution is -0.141. The van der Waals surface area contributed by atoms with Gasteiger partial charge in [0.05, 0.1) is 6.10 Å². The third-order valence-electron chi connectivity index (χ3n) is 3.33. The third kappa shape index (κ3) is 2.92. The van der Waals surface area contributed by atoms with Crippen molar-refractivity contribution in [1.29, 1.82) is 0 Å². The molecule has 0 spiro atoms. The van der Waals surface area contributed by atoms with Crippen molar-refractivity contribution >= 4 is 5.91 Å². The molecule has 2 aliphatic rings. The Bertz CT molecular complexity index is 221. The second-order valence-electron chi connectivity index (χ2n) is 4.64. The fourth-order valence-electron chi connectivity index (χ4n) is 2.29. The van der Waals surface area contributed by atoms with Crippen molar-refractivity contribution in [2.45, 2.75) is 44.2 Å². The summed E-state index contributed by atoms with van der Waals surface area (Å²) in [5.74, 6) is 0.202. The van der Waals surface area contributed by atoms with Gasteiger partial charge in [0, 0.05) is 25.6 Å². The molecule has 4 heteroatoms. The highest BCUT2D eigenvalue weighted by molar-refractivity contribution is 5.77. The predicted molar refractivity (Wildman–Crippen MR) is 57.5 cm³/mol. The van der Waals surface area contributed by atoms with Crippen molar-refractivity contribution in [2.24, 2.45) is 0 Å². The van der Waals surface area contributed by atoms with E-state index in [0.29, 0.717) is 25.6 Å². The Balaban J connectivity index is 1.62. The molecule has 0 bridgehead atoms. The second-order valence-corrected chi connectivity index (χ2v) is 4.64. The first-order chi connectivity index (χ1) is 7.25. The van der Waals surface area contributed by atoms with E-state index in [1.54, 1.807) is 4.90 Å². The van der Waals surface area contributed by atoms with Crippen molar-refractivity contribution in [3.63, 3.8) is 0 Å². The highest BCUT2D eigenvalue weighted by Crippen LogP contribution is 2.15. The topological polar surface area (TPSA) is 52.6 Å². The molecule has 0 aliphatic carbocycles. The number of likely N-dealkylation sites (tertiary alicyclic amines) is 1. The molecule has 2 saturated heterocycles. The molecule has 15 heavy (non-hydrogen) atoms. The molecule has 2 heterocycles. The molecule has 0 radical (unpaired) electrons. The van der Waals surface area contributed by atoms with Crippen molar-refractivity contribution < 1.29 is 9.90 Å². The Morgan fingerprint density at radius 3 is 2.80 bits per heavy atom. The van der Waals surface area contributed by atoms with Crippen molar-refractivity contribution in [3.8, 4) is 0 Å². The molecule has 0 saturated carbocycles. The summed E-state index contributed by atoms with van der Waals surface area (Å²) in [6, 6.07) is 0.536. The highest BCUT2D eigenvalue weighted by Gasteiger charge is 2.28. The van der Waals surface area contributed by atoms with Crippen LogP contribution in [0.2, 0.25) is 0 Å². The van der Waals surface area contributed by atoms with Gasteiger partial charge >= 0.3 is 0 Å². The first-order valence-corrected chi connectivity index (χ1v) is 5.95. The number of rotatable bonds is 3. The first kappa shape index (κ1) is 10.9.